The van der Waals surface area contributed by atoms with E-state index >= 15 is 0 Å². The fourth-order valence-corrected chi connectivity index (χ4v) is 4.76. The van der Waals surface area contributed by atoms with E-state index < -0.39 is 5.60 Å². The first-order valence-electron chi connectivity index (χ1n) is 11.4. The molecule has 6 nitrogen and oxygen atoms in total. The van der Waals surface area contributed by atoms with Crippen molar-refractivity contribution >= 4 is 28.7 Å². The molecule has 2 aromatic carbocycles. The SMILES string of the molecule is COc1cc(CN2CCC(N(C)C(=O)OC(C)(C)C)CC2)cc(I)c1OCc1ccccc1. The molecule has 2 aromatic rings. The van der Waals surface area contributed by atoms with E-state index in [4.69, 9.17) is 14.2 Å². The number of halogens is 1. The number of amides is 1. The van der Waals surface area contributed by atoms with Crippen molar-refractivity contribution in [1.29, 1.82) is 0 Å². The normalized spacial score (nSPS) is 15.2. The molecule has 0 N–H and O–H groups in total. The summed E-state index contributed by atoms with van der Waals surface area (Å²) in [7, 11) is 3.53. The number of piperidine rings is 1. The van der Waals surface area contributed by atoms with Gasteiger partial charge in [0, 0.05) is 32.7 Å². The highest BCUT2D eigenvalue weighted by atomic mass is 127. The van der Waals surface area contributed by atoms with Crippen molar-refractivity contribution in [1.82, 2.24) is 9.80 Å². The molecule has 180 valence electrons. The molecule has 0 radical (unpaired) electrons. The van der Waals surface area contributed by atoms with Crippen molar-refractivity contribution in [2.24, 2.45) is 0 Å². The van der Waals surface area contributed by atoms with Gasteiger partial charge < -0.3 is 19.1 Å². The molecule has 3 rings (SSSR count). The Labute approximate surface area is 211 Å². The van der Waals surface area contributed by atoms with E-state index in [0.29, 0.717) is 6.61 Å². The third kappa shape index (κ3) is 7.50. The summed E-state index contributed by atoms with van der Waals surface area (Å²) in [5.41, 5.74) is 1.85. The molecule has 0 aliphatic carbocycles. The van der Waals surface area contributed by atoms with E-state index in [0.717, 1.165) is 53.1 Å². The van der Waals surface area contributed by atoms with Crippen LogP contribution in [0.1, 0.15) is 44.7 Å². The van der Waals surface area contributed by atoms with Crippen molar-refractivity contribution < 1.29 is 19.0 Å². The van der Waals surface area contributed by atoms with Crippen molar-refractivity contribution in [3.05, 3.63) is 57.2 Å². The monoisotopic (exact) mass is 566 g/mol. The standard InChI is InChI=1S/C26H35IN2O4/c1-26(2,3)33-25(30)28(4)21-11-13-29(14-12-21)17-20-15-22(27)24(23(16-20)31-5)32-18-19-9-7-6-8-10-19/h6-10,15-16,21H,11-14,17-18H2,1-5H3. The Morgan fingerprint density at radius 1 is 1.12 bits per heavy atom. The maximum Gasteiger partial charge on any atom is 0.410 e. The van der Waals surface area contributed by atoms with Crippen LogP contribution in [-0.2, 0) is 17.9 Å². The van der Waals surface area contributed by atoms with Gasteiger partial charge in [-0.25, -0.2) is 4.79 Å². The van der Waals surface area contributed by atoms with Crippen molar-refractivity contribution in [3.63, 3.8) is 0 Å². The van der Waals surface area contributed by atoms with E-state index in [1.807, 2.05) is 46.0 Å². The van der Waals surface area contributed by atoms with Gasteiger partial charge in [0.2, 0.25) is 0 Å². The minimum Gasteiger partial charge on any atom is -0.493 e. The van der Waals surface area contributed by atoms with Crippen molar-refractivity contribution in [2.75, 3.05) is 27.2 Å². The Morgan fingerprint density at radius 3 is 2.39 bits per heavy atom. The molecule has 1 heterocycles. The Bertz CT molecular complexity index is 922. The summed E-state index contributed by atoms with van der Waals surface area (Å²) in [6, 6.07) is 14.6. The molecule has 1 amide bonds. The van der Waals surface area contributed by atoms with Crippen LogP contribution in [0.2, 0.25) is 0 Å². The van der Waals surface area contributed by atoms with Crippen LogP contribution in [0.15, 0.2) is 42.5 Å². The highest BCUT2D eigenvalue weighted by Crippen LogP contribution is 2.35. The van der Waals surface area contributed by atoms with E-state index in [1.54, 1.807) is 12.0 Å². The quantitative estimate of drug-likeness (QED) is 0.402. The Balaban J connectivity index is 1.57. The van der Waals surface area contributed by atoms with E-state index in [-0.39, 0.29) is 12.1 Å². The van der Waals surface area contributed by atoms with Crippen molar-refractivity contribution in [2.45, 2.75) is 58.4 Å². The molecule has 1 aliphatic heterocycles. The van der Waals surface area contributed by atoms with Gasteiger partial charge in [-0.1, -0.05) is 30.3 Å². The predicted octanol–water partition coefficient (Wildman–Crippen LogP) is 5.71. The molecular weight excluding hydrogens is 531 g/mol. The van der Waals surface area contributed by atoms with Crippen molar-refractivity contribution in [3.8, 4) is 11.5 Å². The summed E-state index contributed by atoms with van der Waals surface area (Å²) in [6.45, 7) is 8.91. The lowest BCUT2D eigenvalue weighted by Gasteiger charge is -2.37. The van der Waals surface area contributed by atoms with Gasteiger partial charge in [-0.3, -0.25) is 4.90 Å². The van der Waals surface area contributed by atoms with Gasteiger partial charge >= 0.3 is 6.09 Å². The highest BCUT2D eigenvalue weighted by Gasteiger charge is 2.28. The molecule has 1 saturated heterocycles. The maximum atomic E-state index is 12.4. The minimum absolute atomic E-state index is 0.208. The zero-order valence-electron chi connectivity index (χ0n) is 20.3. The highest BCUT2D eigenvalue weighted by molar-refractivity contribution is 14.1. The summed E-state index contributed by atoms with van der Waals surface area (Å²) in [4.78, 5) is 16.6. The summed E-state index contributed by atoms with van der Waals surface area (Å²) in [5, 5.41) is 0. The fourth-order valence-electron chi connectivity index (χ4n) is 3.94. The van der Waals surface area contributed by atoms with Crippen LogP contribution in [0.25, 0.3) is 0 Å². The molecule has 7 heteroatoms. The van der Waals surface area contributed by atoms with Crippen LogP contribution in [-0.4, -0.2) is 54.8 Å². The number of ether oxygens (including phenoxy) is 3. The fraction of sp³-hybridized carbons (Fsp3) is 0.500. The van der Waals surface area contributed by atoms with E-state index in [1.165, 1.54) is 5.56 Å². The third-order valence-corrected chi connectivity index (χ3v) is 6.51. The Kier molecular flexibility index (Phi) is 8.87. The average Bonchev–Trinajstić information content (AvgIpc) is 2.77. The second-order valence-corrected chi connectivity index (χ2v) is 10.6. The second kappa shape index (κ2) is 11.4. The summed E-state index contributed by atoms with van der Waals surface area (Å²) < 4.78 is 18.3. The average molecular weight is 566 g/mol. The minimum atomic E-state index is -0.473. The number of methoxy groups -OCH3 is 1. The first-order valence-corrected chi connectivity index (χ1v) is 12.5. The van der Waals surface area contributed by atoms with Crippen LogP contribution >= 0.6 is 22.6 Å². The number of nitrogens with zero attached hydrogens (tertiary/aromatic N) is 2. The summed E-state index contributed by atoms with van der Waals surface area (Å²) in [6.07, 6.45) is 1.62. The molecule has 0 saturated carbocycles. The molecule has 0 unspecified atom stereocenters. The molecule has 0 spiro atoms. The second-order valence-electron chi connectivity index (χ2n) is 9.48. The topological polar surface area (TPSA) is 51.2 Å². The van der Waals surface area contributed by atoms with Gasteiger partial charge in [0.1, 0.15) is 12.2 Å². The van der Waals surface area contributed by atoms with Gasteiger partial charge in [0.25, 0.3) is 0 Å². The van der Waals surface area contributed by atoms with Gasteiger partial charge in [-0.2, -0.15) is 0 Å². The zero-order chi connectivity index (χ0) is 24.0. The molecule has 0 bridgehead atoms. The Hall–Kier alpha value is -2.00. The van der Waals surface area contributed by atoms with Gasteiger partial charge in [-0.05, 0) is 79.5 Å². The molecule has 1 fully saturated rings. The zero-order valence-corrected chi connectivity index (χ0v) is 22.4. The van der Waals surface area contributed by atoms with E-state index in [2.05, 4.69) is 51.8 Å². The molecule has 33 heavy (non-hydrogen) atoms. The lowest BCUT2D eigenvalue weighted by molar-refractivity contribution is 0.0149. The number of hydrogen-bond acceptors (Lipinski definition) is 5. The smallest absolute Gasteiger partial charge is 0.410 e. The van der Waals surface area contributed by atoms with Gasteiger partial charge in [0.15, 0.2) is 11.5 Å². The van der Waals surface area contributed by atoms with Gasteiger partial charge in [0.05, 0.1) is 10.7 Å². The van der Waals surface area contributed by atoms with Crippen LogP contribution in [0.3, 0.4) is 0 Å². The molecule has 0 aromatic heterocycles. The third-order valence-electron chi connectivity index (χ3n) is 5.71. The summed E-state index contributed by atoms with van der Waals surface area (Å²) in [5.74, 6) is 1.54. The number of hydrogen-bond donors (Lipinski definition) is 0. The lowest BCUT2D eigenvalue weighted by Crippen LogP contribution is -2.46. The van der Waals surface area contributed by atoms with Crippen LogP contribution in [0, 0.1) is 3.57 Å². The molecule has 1 aliphatic rings. The predicted molar refractivity (Wildman–Crippen MR) is 139 cm³/mol. The van der Waals surface area contributed by atoms with Crippen LogP contribution in [0.5, 0.6) is 11.5 Å². The van der Waals surface area contributed by atoms with E-state index in [9.17, 15) is 4.79 Å². The number of carbonyl (C=O) groups is 1. The lowest BCUT2D eigenvalue weighted by atomic mass is 10.0. The first-order chi connectivity index (χ1) is 15.7. The Morgan fingerprint density at radius 2 is 1.79 bits per heavy atom. The van der Waals surface area contributed by atoms with Crippen LogP contribution in [0.4, 0.5) is 4.79 Å². The number of carbonyl (C=O) groups excluding carboxylic acids is 1. The number of rotatable bonds is 7. The number of likely N-dealkylation sites (tertiary alicyclic amines) is 1. The molecular formula is C26H35IN2O4. The summed E-state index contributed by atoms with van der Waals surface area (Å²) >= 11 is 2.32. The maximum absolute atomic E-state index is 12.4. The van der Waals surface area contributed by atoms with Gasteiger partial charge in [-0.15, -0.1) is 0 Å². The number of benzene rings is 2. The largest absolute Gasteiger partial charge is 0.493 e. The van der Waals surface area contributed by atoms with Crippen LogP contribution < -0.4 is 9.47 Å². The molecule has 0 atom stereocenters. The first kappa shape index (κ1) is 25.6.